The molecule has 0 atom stereocenters. The number of carbonyl (C=O) groups excluding carboxylic acids is 3. The van der Waals surface area contributed by atoms with Gasteiger partial charge in [0.2, 0.25) is 0 Å². The monoisotopic (exact) mass is 395 g/mol. The minimum Gasteiger partial charge on any atom is -0.549 e. The fraction of sp³-hybridized carbons (Fsp3) is 0.600. The Morgan fingerprint density at radius 1 is 0.727 bits per heavy atom. The maximum Gasteiger partial charge on any atom is 2.00 e. The number of hydrogen-bond acceptors (Lipinski definition) is 9. The van der Waals surface area contributed by atoms with Crippen LogP contribution in [0.1, 0.15) is 0 Å². The van der Waals surface area contributed by atoms with Crippen molar-refractivity contribution in [2.24, 2.45) is 0 Å². The number of quaternary nitrogens is 1. The molecule has 12 heteroatoms. The third-order valence-corrected chi connectivity index (χ3v) is 2.15. The second-order valence-electron chi connectivity index (χ2n) is 3.93. The first-order valence-corrected chi connectivity index (χ1v) is 5.46. The van der Waals surface area contributed by atoms with Crippen molar-refractivity contribution >= 4 is 69.4 Å². The maximum absolute atomic E-state index is 10.5. The Kier molecular flexibility index (Phi) is 16.5. The molecule has 0 aromatic heterocycles. The summed E-state index contributed by atoms with van der Waals surface area (Å²) in [5.74, 6) is -5.82. The van der Waals surface area contributed by atoms with Crippen molar-refractivity contribution in [3.8, 4) is 0 Å². The Labute approximate surface area is 163 Å². The van der Waals surface area contributed by atoms with Crippen LogP contribution in [-0.2, 0) is 19.2 Å². The van der Waals surface area contributed by atoms with Gasteiger partial charge in [-0.2, -0.15) is 0 Å². The molecule has 0 heterocycles. The van der Waals surface area contributed by atoms with Crippen LogP contribution in [0.4, 0.5) is 0 Å². The van der Waals surface area contributed by atoms with Crippen molar-refractivity contribution in [2.45, 2.75) is 0 Å². The zero-order valence-electron chi connectivity index (χ0n) is 12.1. The summed E-state index contributed by atoms with van der Waals surface area (Å²) >= 11 is 0. The van der Waals surface area contributed by atoms with Crippen molar-refractivity contribution in [1.29, 1.82) is 0 Å². The van der Waals surface area contributed by atoms with Crippen molar-refractivity contribution in [3.63, 3.8) is 0 Å². The van der Waals surface area contributed by atoms with Crippen LogP contribution in [0.25, 0.3) is 0 Å². The summed E-state index contributed by atoms with van der Waals surface area (Å²) in [4.78, 5) is 43.7. The van der Waals surface area contributed by atoms with E-state index in [1.165, 1.54) is 0 Å². The quantitative estimate of drug-likeness (QED) is 0.317. The number of rotatable bonds is 11. The van der Waals surface area contributed by atoms with Gasteiger partial charge in [-0.15, -0.1) is 0 Å². The van der Waals surface area contributed by atoms with E-state index >= 15 is 0 Å². The topological polar surface area (TPSA) is 201 Å². The van der Waals surface area contributed by atoms with E-state index in [4.69, 9.17) is 5.11 Å². The van der Waals surface area contributed by atoms with Crippen LogP contribution in [0.5, 0.6) is 0 Å². The first-order valence-electron chi connectivity index (χ1n) is 5.46. The SMILES string of the molecule is O=C([O-])CN(CCN(CC(=O)[O-])CC(=O)O)CC(=O)[O-].[NH4+].[Sr+2]. The molecular weight excluding hydrogens is 378 g/mol. The summed E-state index contributed by atoms with van der Waals surface area (Å²) in [6.07, 6.45) is 0. The average molecular weight is 395 g/mol. The molecule has 22 heavy (non-hydrogen) atoms. The number of hydrogen-bond donors (Lipinski definition) is 2. The third kappa shape index (κ3) is 15.6. The molecule has 5 N–H and O–H groups in total. The number of carbonyl (C=O) groups is 4. The summed E-state index contributed by atoms with van der Waals surface area (Å²) in [5.41, 5.74) is 0. The van der Waals surface area contributed by atoms with Gasteiger partial charge in [0.05, 0.1) is 24.5 Å². The van der Waals surface area contributed by atoms with E-state index in [0.29, 0.717) is 0 Å². The largest absolute Gasteiger partial charge is 2.00 e. The van der Waals surface area contributed by atoms with Crippen molar-refractivity contribution in [3.05, 3.63) is 0 Å². The first-order chi connectivity index (χ1) is 9.20. The molecular formula is C10H17N3O8Sr. The van der Waals surface area contributed by atoms with Crippen LogP contribution in [0.2, 0.25) is 0 Å². The fourth-order valence-electron chi connectivity index (χ4n) is 1.45. The maximum atomic E-state index is 10.5. The van der Waals surface area contributed by atoms with Crippen LogP contribution in [-0.4, -0.2) is 124 Å². The molecule has 0 rings (SSSR count). The molecule has 0 saturated carbocycles. The van der Waals surface area contributed by atoms with E-state index in [9.17, 15) is 34.5 Å². The van der Waals surface area contributed by atoms with Gasteiger partial charge in [-0.25, -0.2) is 0 Å². The Hall–Kier alpha value is -0.759. The van der Waals surface area contributed by atoms with E-state index in [0.717, 1.165) is 9.80 Å². The first kappa shape index (κ1) is 26.2. The smallest absolute Gasteiger partial charge is 0.549 e. The summed E-state index contributed by atoms with van der Waals surface area (Å²) in [6.45, 7) is -3.00. The van der Waals surface area contributed by atoms with Gasteiger partial charge in [0.15, 0.2) is 0 Å². The predicted octanol–water partition coefficient (Wildman–Crippen LogP) is -6.08. The van der Waals surface area contributed by atoms with Gasteiger partial charge in [0, 0.05) is 32.7 Å². The Balaban J connectivity index is -0.00000180. The van der Waals surface area contributed by atoms with Gasteiger partial charge in [-0.3, -0.25) is 14.6 Å². The molecule has 0 spiro atoms. The van der Waals surface area contributed by atoms with Crippen LogP contribution in [0.3, 0.4) is 0 Å². The molecule has 0 aromatic rings. The van der Waals surface area contributed by atoms with Crippen LogP contribution < -0.4 is 21.5 Å². The molecule has 0 amide bonds. The van der Waals surface area contributed by atoms with Crippen molar-refractivity contribution in [1.82, 2.24) is 16.0 Å². The van der Waals surface area contributed by atoms with E-state index in [1.54, 1.807) is 0 Å². The van der Waals surface area contributed by atoms with Crippen LogP contribution in [0.15, 0.2) is 0 Å². The molecule has 0 saturated heterocycles. The molecule has 0 aliphatic rings. The van der Waals surface area contributed by atoms with Crippen LogP contribution in [0, 0.1) is 0 Å². The van der Waals surface area contributed by atoms with Crippen molar-refractivity contribution < 1.29 is 39.6 Å². The molecule has 0 fully saturated rings. The van der Waals surface area contributed by atoms with Crippen molar-refractivity contribution in [2.75, 3.05) is 39.3 Å². The van der Waals surface area contributed by atoms with Gasteiger partial charge < -0.3 is 41.0 Å². The van der Waals surface area contributed by atoms with E-state index in [-0.39, 0.29) is 64.7 Å². The molecule has 0 bridgehead atoms. The molecule has 11 nitrogen and oxygen atoms in total. The summed E-state index contributed by atoms with van der Waals surface area (Å²) in [6, 6.07) is 0. The summed E-state index contributed by atoms with van der Waals surface area (Å²) in [7, 11) is 0. The second kappa shape index (κ2) is 13.9. The molecule has 0 unspecified atom stereocenters. The number of aliphatic carboxylic acids is 4. The van der Waals surface area contributed by atoms with Gasteiger partial charge in [-0.1, -0.05) is 0 Å². The Bertz CT molecular complexity index is 324. The number of carboxylic acids is 4. The van der Waals surface area contributed by atoms with Gasteiger partial charge in [-0.05, 0) is 0 Å². The average Bonchev–Trinajstić information content (AvgIpc) is 2.22. The minimum atomic E-state index is -1.52. The second-order valence-corrected chi connectivity index (χ2v) is 3.93. The Morgan fingerprint density at radius 2 is 1.00 bits per heavy atom. The minimum absolute atomic E-state index is 0. The molecule has 0 aromatic carbocycles. The van der Waals surface area contributed by atoms with Gasteiger partial charge in [0.1, 0.15) is 0 Å². The van der Waals surface area contributed by atoms with Gasteiger partial charge >= 0.3 is 51.5 Å². The van der Waals surface area contributed by atoms with E-state index < -0.39 is 50.1 Å². The number of nitrogens with zero attached hydrogens (tertiary/aromatic N) is 2. The van der Waals surface area contributed by atoms with E-state index in [1.807, 2.05) is 0 Å². The fourth-order valence-corrected chi connectivity index (χ4v) is 1.45. The normalized spacial score (nSPS) is 9.73. The molecule has 122 valence electrons. The molecule has 0 radical (unpaired) electrons. The van der Waals surface area contributed by atoms with Gasteiger partial charge in [0.25, 0.3) is 0 Å². The van der Waals surface area contributed by atoms with E-state index in [2.05, 4.69) is 0 Å². The standard InChI is InChI=1S/C10H16N2O8.H3N.Sr/c13-7(14)3-11(4-8(15)16)1-2-12(5-9(17)18)6-10(19)20;;/h1-6H2,(H,13,14)(H,15,16)(H,17,18)(H,19,20);1H3;/q;;+2/p-2. The zero-order chi connectivity index (χ0) is 15.7. The summed E-state index contributed by atoms with van der Waals surface area (Å²) < 4.78 is 0. The zero-order valence-corrected chi connectivity index (χ0v) is 15.6. The molecule has 0 aliphatic heterocycles. The predicted molar refractivity (Wildman–Crippen MR) is 67.3 cm³/mol. The Morgan fingerprint density at radius 3 is 1.23 bits per heavy atom. The molecule has 0 aliphatic carbocycles. The summed E-state index contributed by atoms with van der Waals surface area (Å²) in [5, 5.41) is 39.8. The third-order valence-electron chi connectivity index (χ3n) is 2.15. The number of carboxylic acid groups (broad SMARTS) is 4. The van der Waals surface area contributed by atoms with Crippen LogP contribution >= 0.6 is 0 Å².